The molecule has 126 valence electrons. The summed E-state index contributed by atoms with van der Waals surface area (Å²) < 4.78 is 7.54. The highest BCUT2D eigenvalue weighted by molar-refractivity contribution is 5.89. The third-order valence-corrected chi connectivity index (χ3v) is 4.99. The van der Waals surface area contributed by atoms with Crippen molar-refractivity contribution < 1.29 is 9.53 Å². The van der Waals surface area contributed by atoms with E-state index in [4.69, 9.17) is 4.74 Å². The zero-order chi connectivity index (χ0) is 16.4. The van der Waals surface area contributed by atoms with Crippen LogP contribution in [0.5, 0.6) is 0 Å². The van der Waals surface area contributed by atoms with Crippen LogP contribution < -0.4 is 10.6 Å². The van der Waals surface area contributed by atoms with Crippen molar-refractivity contribution in [2.45, 2.75) is 37.8 Å². The summed E-state index contributed by atoms with van der Waals surface area (Å²) in [5, 5.41) is 10.2. The van der Waals surface area contributed by atoms with E-state index in [2.05, 4.69) is 15.7 Å². The van der Waals surface area contributed by atoms with Gasteiger partial charge in [-0.1, -0.05) is 0 Å². The Kier molecular flexibility index (Phi) is 4.21. The monoisotopic (exact) mass is 326 g/mol. The summed E-state index contributed by atoms with van der Waals surface area (Å²) in [6.07, 6.45) is 8.29. The Labute approximate surface area is 141 Å². The van der Waals surface area contributed by atoms with Crippen LogP contribution in [-0.4, -0.2) is 34.6 Å². The van der Waals surface area contributed by atoms with Gasteiger partial charge in [0.05, 0.1) is 11.8 Å². The highest BCUT2D eigenvalue weighted by Gasteiger charge is 2.38. The Hall–Kier alpha value is -2.34. The van der Waals surface area contributed by atoms with Crippen LogP contribution in [0.2, 0.25) is 0 Å². The second-order valence-electron chi connectivity index (χ2n) is 6.50. The molecule has 6 nitrogen and oxygen atoms in total. The first-order chi connectivity index (χ1) is 11.8. The van der Waals surface area contributed by atoms with E-state index in [0.717, 1.165) is 43.7 Å². The third kappa shape index (κ3) is 3.14. The fraction of sp³-hybridized carbons (Fsp3) is 0.444. The first-order valence-electron chi connectivity index (χ1n) is 8.59. The van der Waals surface area contributed by atoms with Crippen LogP contribution in [0.3, 0.4) is 0 Å². The molecule has 2 fully saturated rings. The Morgan fingerprint density at radius 2 is 2.08 bits per heavy atom. The molecule has 2 heterocycles. The maximum atomic E-state index is 12.3. The molecule has 6 heteroatoms. The van der Waals surface area contributed by atoms with E-state index in [9.17, 15) is 4.79 Å². The first kappa shape index (κ1) is 15.2. The number of nitrogens with one attached hydrogen (secondary N) is 2. The van der Waals surface area contributed by atoms with Gasteiger partial charge >= 0.3 is 6.03 Å². The van der Waals surface area contributed by atoms with E-state index in [1.54, 1.807) is 10.9 Å². The summed E-state index contributed by atoms with van der Waals surface area (Å²) in [5.41, 5.74) is 1.74. The standard InChI is InChI=1S/C18H22N4O2/c23-18(21-16-3-1-4-17-15(16)9-12-24-17)20-13-5-7-14(8-6-13)22-11-2-10-19-22/h2,5-8,10-11,15-17H,1,3-4,9,12H2,(H2,20,21,23)/t15-,16+,17+/m0/s1. The van der Waals surface area contributed by atoms with Crippen LogP contribution in [0.15, 0.2) is 42.7 Å². The van der Waals surface area contributed by atoms with Crippen molar-refractivity contribution in [2.24, 2.45) is 5.92 Å². The number of aromatic nitrogens is 2. The summed E-state index contributed by atoms with van der Waals surface area (Å²) in [6.45, 7) is 0.823. The van der Waals surface area contributed by atoms with Gasteiger partial charge in [-0.15, -0.1) is 0 Å². The normalized spacial score (nSPS) is 25.9. The van der Waals surface area contributed by atoms with Gasteiger partial charge in [-0.05, 0) is 56.0 Å². The Morgan fingerprint density at radius 3 is 2.88 bits per heavy atom. The SMILES string of the molecule is O=C(Nc1ccc(-n2cccn2)cc1)N[C@@H]1CCC[C@H]2OCC[C@@H]12. The van der Waals surface area contributed by atoms with E-state index in [-0.39, 0.29) is 12.1 Å². The second-order valence-corrected chi connectivity index (χ2v) is 6.50. The number of urea groups is 1. The van der Waals surface area contributed by atoms with Gasteiger partial charge in [-0.3, -0.25) is 0 Å². The molecule has 24 heavy (non-hydrogen) atoms. The fourth-order valence-electron chi connectivity index (χ4n) is 3.81. The van der Waals surface area contributed by atoms with Gasteiger partial charge in [-0.2, -0.15) is 5.10 Å². The molecule has 4 rings (SSSR count). The molecule has 2 aromatic rings. The topological polar surface area (TPSA) is 68.2 Å². The lowest BCUT2D eigenvalue weighted by molar-refractivity contribution is 0.0553. The quantitative estimate of drug-likeness (QED) is 0.911. The second kappa shape index (κ2) is 6.65. The number of carbonyl (C=O) groups excluding carboxylic acids is 1. The number of rotatable bonds is 3. The molecule has 1 aliphatic carbocycles. The first-order valence-corrected chi connectivity index (χ1v) is 8.59. The average molecular weight is 326 g/mol. The average Bonchev–Trinajstić information content (AvgIpc) is 3.27. The molecule has 2 N–H and O–H groups in total. The maximum Gasteiger partial charge on any atom is 0.319 e. The van der Waals surface area contributed by atoms with Gasteiger partial charge in [0.2, 0.25) is 0 Å². The lowest BCUT2D eigenvalue weighted by atomic mass is 9.82. The van der Waals surface area contributed by atoms with Crippen LogP contribution >= 0.6 is 0 Å². The number of hydrogen-bond acceptors (Lipinski definition) is 3. The van der Waals surface area contributed by atoms with E-state index in [0.29, 0.717) is 12.0 Å². The predicted molar refractivity (Wildman–Crippen MR) is 91.2 cm³/mol. The van der Waals surface area contributed by atoms with Crippen LogP contribution in [0.25, 0.3) is 5.69 Å². The zero-order valence-electron chi connectivity index (χ0n) is 13.5. The van der Waals surface area contributed by atoms with E-state index in [1.165, 1.54) is 0 Å². The van der Waals surface area contributed by atoms with Gasteiger partial charge < -0.3 is 15.4 Å². The van der Waals surface area contributed by atoms with Gasteiger partial charge in [-0.25, -0.2) is 9.48 Å². The molecule has 1 aliphatic heterocycles. The highest BCUT2D eigenvalue weighted by Crippen LogP contribution is 2.34. The smallest absolute Gasteiger partial charge is 0.319 e. The molecule has 2 aliphatic rings. The summed E-state index contributed by atoms with van der Waals surface area (Å²) in [7, 11) is 0. The van der Waals surface area contributed by atoms with E-state index < -0.39 is 0 Å². The van der Waals surface area contributed by atoms with E-state index >= 15 is 0 Å². The number of hydrogen-bond donors (Lipinski definition) is 2. The van der Waals surface area contributed by atoms with Crippen LogP contribution in [0.4, 0.5) is 10.5 Å². The molecule has 1 saturated carbocycles. The van der Waals surface area contributed by atoms with Crippen molar-refractivity contribution in [1.82, 2.24) is 15.1 Å². The van der Waals surface area contributed by atoms with Crippen molar-refractivity contribution in [3.05, 3.63) is 42.7 Å². The molecule has 1 aromatic carbocycles. The molecule has 0 spiro atoms. The fourth-order valence-corrected chi connectivity index (χ4v) is 3.81. The van der Waals surface area contributed by atoms with Gasteiger partial charge in [0.25, 0.3) is 0 Å². The lowest BCUT2D eigenvalue weighted by Crippen LogP contribution is -2.47. The molecule has 1 aromatic heterocycles. The molecule has 0 bridgehead atoms. The molecular weight excluding hydrogens is 304 g/mol. The van der Waals surface area contributed by atoms with Gasteiger partial charge in [0.1, 0.15) is 0 Å². The van der Waals surface area contributed by atoms with Crippen molar-refractivity contribution in [3.63, 3.8) is 0 Å². The van der Waals surface area contributed by atoms with Crippen LogP contribution in [0.1, 0.15) is 25.7 Å². The minimum atomic E-state index is -0.139. The van der Waals surface area contributed by atoms with Crippen molar-refractivity contribution in [3.8, 4) is 5.69 Å². The highest BCUT2D eigenvalue weighted by atomic mass is 16.5. The molecule has 3 atom stereocenters. The largest absolute Gasteiger partial charge is 0.378 e. The van der Waals surface area contributed by atoms with Crippen LogP contribution in [-0.2, 0) is 4.74 Å². The number of fused-ring (bicyclic) bond motifs is 1. The zero-order valence-corrected chi connectivity index (χ0v) is 13.5. The Morgan fingerprint density at radius 1 is 1.21 bits per heavy atom. The van der Waals surface area contributed by atoms with Crippen molar-refractivity contribution >= 4 is 11.7 Å². The molecule has 0 unspecified atom stereocenters. The lowest BCUT2D eigenvalue weighted by Gasteiger charge is -2.33. The number of nitrogens with zero attached hydrogens (tertiary/aromatic N) is 2. The molecule has 1 saturated heterocycles. The number of anilines is 1. The molecular formula is C18H22N4O2. The number of carbonyl (C=O) groups is 1. The maximum absolute atomic E-state index is 12.3. The minimum absolute atomic E-state index is 0.139. The van der Waals surface area contributed by atoms with Crippen molar-refractivity contribution in [1.29, 1.82) is 0 Å². The van der Waals surface area contributed by atoms with Crippen LogP contribution in [0, 0.1) is 5.92 Å². The van der Waals surface area contributed by atoms with E-state index in [1.807, 2.05) is 36.5 Å². The summed E-state index contributed by atoms with van der Waals surface area (Å²) in [4.78, 5) is 12.3. The number of ether oxygens (including phenoxy) is 1. The van der Waals surface area contributed by atoms with Crippen molar-refractivity contribution in [2.75, 3.05) is 11.9 Å². The summed E-state index contributed by atoms with van der Waals surface area (Å²) >= 11 is 0. The molecule has 2 amide bonds. The van der Waals surface area contributed by atoms with Gasteiger partial charge in [0, 0.05) is 36.6 Å². The number of benzene rings is 1. The number of amides is 2. The third-order valence-electron chi connectivity index (χ3n) is 4.99. The minimum Gasteiger partial charge on any atom is -0.378 e. The van der Waals surface area contributed by atoms with Gasteiger partial charge in [0.15, 0.2) is 0 Å². The predicted octanol–water partition coefficient (Wildman–Crippen LogP) is 2.95. The summed E-state index contributed by atoms with van der Waals surface area (Å²) in [5.74, 6) is 0.465. The summed E-state index contributed by atoms with van der Waals surface area (Å²) in [6, 6.07) is 9.60. The Balaban J connectivity index is 1.36. The molecule has 0 radical (unpaired) electrons. The Bertz CT molecular complexity index is 684.